The summed E-state index contributed by atoms with van der Waals surface area (Å²) in [4.78, 5) is 0. The molecule has 104 valence electrons. The Balaban J connectivity index is 2.07. The van der Waals surface area contributed by atoms with E-state index in [0.29, 0.717) is 0 Å². The molecular weight excluding hydrogens is 256 g/mol. The lowest BCUT2D eigenvalue weighted by atomic mass is 10.0. The van der Waals surface area contributed by atoms with Crippen LogP contribution in [0.3, 0.4) is 0 Å². The molecule has 0 aliphatic rings. The number of rotatable bonds is 2. The van der Waals surface area contributed by atoms with Gasteiger partial charge in [0.25, 0.3) is 0 Å². The quantitative estimate of drug-likeness (QED) is 0.536. The second-order valence-electron chi connectivity index (χ2n) is 5.55. The lowest BCUT2D eigenvalue weighted by Crippen LogP contribution is -1.85. The van der Waals surface area contributed by atoms with Gasteiger partial charge in [-0.25, -0.2) is 4.42 Å². The van der Waals surface area contributed by atoms with Crippen molar-refractivity contribution in [2.45, 2.75) is 20.8 Å². The van der Waals surface area contributed by atoms with Crippen molar-refractivity contribution in [3.63, 3.8) is 0 Å². The summed E-state index contributed by atoms with van der Waals surface area (Å²) in [5.74, 6) is 1.83. The van der Waals surface area contributed by atoms with Gasteiger partial charge in [0, 0.05) is 11.6 Å². The molecule has 0 amide bonds. The topological polar surface area (TPSA) is 11.3 Å². The summed E-state index contributed by atoms with van der Waals surface area (Å²) in [6.45, 7) is 6.19. The molecule has 1 nitrogen and oxygen atoms in total. The van der Waals surface area contributed by atoms with Crippen molar-refractivity contribution in [1.82, 2.24) is 0 Å². The first kappa shape index (κ1) is 13.6. The van der Waals surface area contributed by atoms with E-state index in [2.05, 4.69) is 74.5 Å². The Labute approximate surface area is 125 Å². The summed E-state index contributed by atoms with van der Waals surface area (Å²) in [7, 11) is 0. The van der Waals surface area contributed by atoms with E-state index in [4.69, 9.17) is 4.42 Å². The van der Waals surface area contributed by atoms with Crippen LogP contribution in [-0.4, -0.2) is 0 Å². The van der Waals surface area contributed by atoms with Crippen LogP contribution in [0.25, 0.3) is 22.5 Å². The molecule has 0 unspecified atom stereocenters. The minimum Gasteiger partial charge on any atom is -0.213 e. The fourth-order valence-electron chi connectivity index (χ4n) is 2.41. The largest absolute Gasteiger partial charge is 0.360 e. The van der Waals surface area contributed by atoms with Gasteiger partial charge in [0.05, 0.1) is 18.6 Å². The monoisotopic (exact) mass is 275 g/mol. The highest BCUT2D eigenvalue weighted by Gasteiger charge is 2.15. The Kier molecular flexibility index (Phi) is 3.57. The third kappa shape index (κ3) is 3.03. The average Bonchev–Trinajstić information content (AvgIpc) is 2.48. The smallest absolute Gasteiger partial charge is 0.213 e. The molecule has 0 spiro atoms. The highest BCUT2D eigenvalue weighted by molar-refractivity contribution is 5.70. The molecule has 0 bridgehead atoms. The molecule has 1 aromatic heterocycles. The van der Waals surface area contributed by atoms with E-state index in [9.17, 15) is 0 Å². The van der Waals surface area contributed by atoms with Gasteiger partial charge in [-0.05, 0) is 31.5 Å². The van der Waals surface area contributed by atoms with Crippen LogP contribution in [0.2, 0.25) is 0 Å². The lowest BCUT2D eigenvalue weighted by molar-refractivity contribution is 0.532. The predicted octanol–water partition coefficient (Wildman–Crippen LogP) is 5.82. The Morgan fingerprint density at radius 1 is 0.571 bits per heavy atom. The maximum atomic E-state index is 5.89. The van der Waals surface area contributed by atoms with Gasteiger partial charge in [-0.3, -0.25) is 0 Å². The third-order valence-corrected chi connectivity index (χ3v) is 3.64. The molecule has 1 heteroatoms. The standard InChI is InChI=1S/C20H19O/c1-14-4-8-17(9-5-14)19-12-16(3)21-20(13-19)18-10-6-15(2)7-11-18/h4-13H,1-3H3/q+1. The van der Waals surface area contributed by atoms with Gasteiger partial charge in [0.1, 0.15) is 0 Å². The Morgan fingerprint density at radius 2 is 1.10 bits per heavy atom. The molecule has 0 saturated carbocycles. The van der Waals surface area contributed by atoms with Crippen molar-refractivity contribution in [3.8, 4) is 22.5 Å². The molecule has 21 heavy (non-hydrogen) atoms. The minimum absolute atomic E-state index is 0.908. The first-order valence-corrected chi connectivity index (χ1v) is 7.21. The van der Waals surface area contributed by atoms with Crippen molar-refractivity contribution in [2.75, 3.05) is 0 Å². The Hall–Kier alpha value is -2.41. The molecule has 2 aromatic carbocycles. The highest BCUT2D eigenvalue weighted by Crippen LogP contribution is 2.28. The van der Waals surface area contributed by atoms with E-state index >= 15 is 0 Å². The lowest BCUT2D eigenvalue weighted by Gasteiger charge is -2.02. The van der Waals surface area contributed by atoms with Gasteiger partial charge in [-0.2, -0.15) is 0 Å². The Morgan fingerprint density at radius 3 is 1.67 bits per heavy atom. The number of aryl methyl sites for hydroxylation is 3. The first-order valence-electron chi connectivity index (χ1n) is 7.21. The summed E-state index contributed by atoms with van der Waals surface area (Å²) in [6, 6.07) is 21.2. The van der Waals surface area contributed by atoms with E-state index in [1.54, 1.807) is 0 Å². The Bertz CT molecular complexity index is 689. The third-order valence-electron chi connectivity index (χ3n) is 3.64. The van der Waals surface area contributed by atoms with Crippen LogP contribution in [-0.2, 0) is 0 Å². The molecule has 0 aliphatic heterocycles. The van der Waals surface area contributed by atoms with Crippen LogP contribution in [0.4, 0.5) is 0 Å². The van der Waals surface area contributed by atoms with E-state index in [1.165, 1.54) is 22.3 Å². The highest BCUT2D eigenvalue weighted by atomic mass is 16.3. The van der Waals surface area contributed by atoms with Crippen molar-refractivity contribution >= 4 is 0 Å². The summed E-state index contributed by atoms with van der Waals surface area (Å²) >= 11 is 0. The van der Waals surface area contributed by atoms with Crippen molar-refractivity contribution < 1.29 is 4.42 Å². The average molecular weight is 275 g/mol. The van der Waals surface area contributed by atoms with Crippen LogP contribution in [0.5, 0.6) is 0 Å². The summed E-state index contributed by atoms with van der Waals surface area (Å²) in [5.41, 5.74) is 6.04. The minimum atomic E-state index is 0.908. The fourth-order valence-corrected chi connectivity index (χ4v) is 2.41. The van der Waals surface area contributed by atoms with E-state index in [1.807, 2.05) is 6.92 Å². The zero-order valence-electron chi connectivity index (χ0n) is 12.7. The van der Waals surface area contributed by atoms with Crippen LogP contribution < -0.4 is 0 Å². The van der Waals surface area contributed by atoms with Gasteiger partial charge in [-0.15, -0.1) is 0 Å². The zero-order chi connectivity index (χ0) is 14.8. The van der Waals surface area contributed by atoms with Gasteiger partial charge in [0.15, 0.2) is 0 Å². The van der Waals surface area contributed by atoms with Gasteiger partial charge < -0.3 is 0 Å². The van der Waals surface area contributed by atoms with Crippen LogP contribution in [0.15, 0.2) is 65.1 Å². The molecule has 3 rings (SSSR count). The van der Waals surface area contributed by atoms with Crippen LogP contribution in [0.1, 0.15) is 16.9 Å². The summed E-state index contributed by atoms with van der Waals surface area (Å²) in [6.07, 6.45) is 0. The van der Waals surface area contributed by atoms with Crippen molar-refractivity contribution in [3.05, 3.63) is 77.6 Å². The van der Waals surface area contributed by atoms with Gasteiger partial charge >= 0.3 is 11.5 Å². The number of benzene rings is 2. The molecule has 0 radical (unpaired) electrons. The van der Waals surface area contributed by atoms with E-state index in [0.717, 1.165) is 17.1 Å². The number of hydrogen-bond donors (Lipinski definition) is 0. The predicted molar refractivity (Wildman–Crippen MR) is 88.2 cm³/mol. The summed E-state index contributed by atoms with van der Waals surface area (Å²) in [5, 5.41) is 0. The SMILES string of the molecule is Cc1ccc(-c2cc(C)[o+]c(-c3ccc(C)cc3)c2)cc1. The van der Waals surface area contributed by atoms with Crippen molar-refractivity contribution in [1.29, 1.82) is 0 Å². The zero-order valence-corrected chi connectivity index (χ0v) is 12.7. The molecular formula is C20H19O+. The second kappa shape index (κ2) is 5.53. The van der Waals surface area contributed by atoms with Crippen molar-refractivity contribution in [2.24, 2.45) is 0 Å². The van der Waals surface area contributed by atoms with Crippen LogP contribution >= 0.6 is 0 Å². The number of hydrogen-bond acceptors (Lipinski definition) is 0. The maximum Gasteiger partial charge on any atom is 0.360 e. The van der Waals surface area contributed by atoms with Crippen LogP contribution in [0, 0.1) is 20.8 Å². The summed E-state index contributed by atoms with van der Waals surface area (Å²) < 4.78 is 5.89. The molecule has 0 N–H and O–H groups in total. The fraction of sp³-hybridized carbons (Fsp3) is 0.150. The first-order chi connectivity index (χ1) is 10.1. The normalized spacial score (nSPS) is 10.6. The van der Waals surface area contributed by atoms with E-state index in [-0.39, 0.29) is 0 Å². The molecule has 3 aromatic rings. The van der Waals surface area contributed by atoms with E-state index < -0.39 is 0 Å². The molecule has 0 atom stereocenters. The molecule has 0 saturated heterocycles. The van der Waals surface area contributed by atoms with Gasteiger partial charge in [0.2, 0.25) is 0 Å². The maximum absolute atomic E-state index is 5.89. The molecule has 1 heterocycles. The molecule has 0 fully saturated rings. The molecule has 0 aliphatic carbocycles. The second-order valence-corrected chi connectivity index (χ2v) is 5.55. The van der Waals surface area contributed by atoms with Gasteiger partial charge in [-0.1, -0.05) is 47.5 Å².